The molecule has 2 N–H and O–H groups in total. The first-order chi connectivity index (χ1) is 8.42. The summed E-state index contributed by atoms with van der Waals surface area (Å²) in [5.74, 6) is 0.131. The predicted octanol–water partition coefficient (Wildman–Crippen LogP) is 1.65. The highest BCUT2D eigenvalue weighted by Crippen LogP contribution is 2.20. The molecule has 0 fully saturated rings. The van der Waals surface area contributed by atoms with Crippen molar-refractivity contribution in [1.29, 1.82) is 0 Å². The summed E-state index contributed by atoms with van der Waals surface area (Å²) in [4.78, 5) is 2.49. The van der Waals surface area contributed by atoms with Crippen molar-refractivity contribution in [3.63, 3.8) is 0 Å². The van der Waals surface area contributed by atoms with Crippen molar-refractivity contribution < 1.29 is 8.42 Å². The molecule has 1 unspecified atom stereocenters. The lowest BCUT2D eigenvalue weighted by atomic mass is 10.2. The van der Waals surface area contributed by atoms with Gasteiger partial charge < -0.3 is 10.6 Å². The molecule has 0 aromatic heterocycles. The first kappa shape index (κ1) is 15.0. The molecule has 0 radical (unpaired) electrons. The highest BCUT2D eigenvalue weighted by Gasteiger charge is 2.13. The first-order valence-corrected chi connectivity index (χ1v) is 7.83. The van der Waals surface area contributed by atoms with Gasteiger partial charge in [0.2, 0.25) is 0 Å². The normalized spacial score (nSPS) is 13.3. The Kier molecular flexibility index (Phi) is 5.16. The summed E-state index contributed by atoms with van der Waals surface area (Å²) in [6.07, 6.45) is 0.908. The third-order valence-electron chi connectivity index (χ3n) is 3.23. The number of sulfone groups is 1. The molecule has 0 bridgehead atoms. The van der Waals surface area contributed by atoms with Crippen molar-refractivity contribution in [1.82, 2.24) is 0 Å². The van der Waals surface area contributed by atoms with Gasteiger partial charge in [-0.05, 0) is 44.2 Å². The van der Waals surface area contributed by atoms with Gasteiger partial charge in [-0.3, -0.25) is 0 Å². The smallest absolute Gasteiger partial charge is 0.178 e. The summed E-state index contributed by atoms with van der Waals surface area (Å²) in [5, 5.41) is 0. The van der Waals surface area contributed by atoms with Crippen LogP contribution >= 0.6 is 0 Å². The van der Waals surface area contributed by atoms with E-state index >= 15 is 0 Å². The zero-order valence-corrected chi connectivity index (χ0v) is 12.1. The van der Waals surface area contributed by atoms with Crippen molar-refractivity contribution >= 4 is 15.5 Å². The maximum absolute atomic E-state index is 11.7. The van der Waals surface area contributed by atoms with Crippen LogP contribution in [0, 0.1) is 0 Å². The van der Waals surface area contributed by atoms with Crippen molar-refractivity contribution in [2.45, 2.75) is 31.2 Å². The van der Waals surface area contributed by atoms with Gasteiger partial charge in [0.15, 0.2) is 9.84 Å². The molecule has 0 aliphatic rings. The molecule has 1 aromatic carbocycles. The van der Waals surface area contributed by atoms with Crippen LogP contribution in [0.1, 0.15) is 20.3 Å². The molecule has 0 saturated carbocycles. The molecule has 1 rings (SSSR count). The van der Waals surface area contributed by atoms with E-state index in [-0.39, 0.29) is 5.75 Å². The number of nitrogens with zero attached hydrogens (tertiary/aromatic N) is 1. The topological polar surface area (TPSA) is 63.4 Å². The van der Waals surface area contributed by atoms with Gasteiger partial charge in [-0.25, -0.2) is 8.42 Å². The van der Waals surface area contributed by atoms with E-state index in [9.17, 15) is 8.42 Å². The molecular formula is C13H22N2O2S. The molecule has 4 nitrogen and oxygen atoms in total. The number of hydrogen-bond acceptors (Lipinski definition) is 4. The molecule has 1 aromatic rings. The van der Waals surface area contributed by atoms with E-state index in [1.165, 1.54) is 0 Å². The van der Waals surface area contributed by atoms with Crippen LogP contribution in [0.3, 0.4) is 0 Å². The molecule has 1 atom stereocenters. The fourth-order valence-corrected chi connectivity index (χ4v) is 2.63. The lowest BCUT2D eigenvalue weighted by molar-refractivity contribution is 0.597. The SMILES string of the molecule is CCS(=O)(=O)c1ccc(N(C)C(C)CCN)cc1. The van der Waals surface area contributed by atoms with Gasteiger partial charge in [-0.2, -0.15) is 0 Å². The van der Waals surface area contributed by atoms with E-state index in [1.807, 2.05) is 19.2 Å². The number of rotatable bonds is 6. The maximum Gasteiger partial charge on any atom is 0.178 e. The number of benzene rings is 1. The zero-order chi connectivity index (χ0) is 13.8. The number of hydrogen-bond donors (Lipinski definition) is 1. The molecule has 0 aliphatic heterocycles. The van der Waals surface area contributed by atoms with Crippen LogP contribution in [0.2, 0.25) is 0 Å². The quantitative estimate of drug-likeness (QED) is 0.854. The second-order valence-corrected chi connectivity index (χ2v) is 6.71. The molecule has 0 heterocycles. The largest absolute Gasteiger partial charge is 0.372 e. The Morgan fingerprint density at radius 3 is 2.28 bits per heavy atom. The monoisotopic (exact) mass is 270 g/mol. The second-order valence-electron chi connectivity index (χ2n) is 4.43. The standard InChI is InChI=1S/C13H22N2O2S/c1-4-18(16,17)13-7-5-12(6-8-13)15(3)11(2)9-10-14/h5-8,11H,4,9-10,14H2,1-3H3. The highest BCUT2D eigenvalue weighted by molar-refractivity contribution is 7.91. The Morgan fingerprint density at radius 2 is 1.83 bits per heavy atom. The molecule has 102 valence electrons. The Labute approximate surface area is 110 Å². The third-order valence-corrected chi connectivity index (χ3v) is 4.98. The van der Waals surface area contributed by atoms with E-state index < -0.39 is 9.84 Å². The van der Waals surface area contributed by atoms with Crippen LogP contribution in [-0.2, 0) is 9.84 Å². The summed E-state index contributed by atoms with van der Waals surface area (Å²) in [6.45, 7) is 4.40. The fourth-order valence-electron chi connectivity index (χ4n) is 1.74. The number of anilines is 1. The van der Waals surface area contributed by atoms with Crippen molar-refractivity contribution in [2.75, 3.05) is 24.2 Å². The Bertz CT molecular complexity index is 468. The van der Waals surface area contributed by atoms with E-state index in [0.29, 0.717) is 17.5 Å². The minimum atomic E-state index is -3.11. The molecule has 0 aliphatic carbocycles. The van der Waals surface area contributed by atoms with Gasteiger partial charge in [0.05, 0.1) is 10.6 Å². The average molecular weight is 270 g/mol. The van der Waals surface area contributed by atoms with Gasteiger partial charge in [0.25, 0.3) is 0 Å². The van der Waals surface area contributed by atoms with Gasteiger partial charge in [-0.15, -0.1) is 0 Å². The van der Waals surface area contributed by atoms with Gasteiger partial charge in [-0.1, -0.05) is 6.92 Å². The first-order valence-electron chi connectivity index (χ1n) is 6.18. The summed E-state index contributed by atoms with van der Waals surface area (Å²) >= 11 is 0. The molecular weight excluding hydrogens is 248 g/mol. The van der Waals surface area contributed by atoms with E-state index in [4.69, 9.17) is 5.73 Å². The molecule has 0 amide bonds. The van der Waals surface area contributed by atoms with Crippen LogP contribution in [0.15, 0.2) is 29.2 Å². The summed E-state index contributed by atoms with van der Waals surface area (Å²) in [5.41, 5.74) is 6.54. The maximum atomic E-state index is 11.7. The second kappa shape index (κ2) is 6.20. The molecule has 0 spiro atoms. The van der Waals surface area contributed by atoms with Gasteiger partial charge >= 0.3 is 0 Å². The predicted molar refractivity (Wildman–Crippen MR) is 75.7 cm³/mol. The van der Waals surface area contributed by atoms with Crippen LogP contribution in [-0.4, -0.2) is 33.8 Å². The molecule has 0 saturated heterocycles. The Hall–Kier alpha value is -1.07. The minimum absolute atomic E-state index is 0.131. The van der Waals surface area contributed by atoms with Crippen LogP contribution in [0.5, 0.6) is 0 Å². The minimum Gasteiger partial charge on any atom is -0.372 e. The van der Waals surface area contributed by atoms with Crippen molar-refractivity contribution in [3.8, 4) is 0 Å². The van der Waals surface area contributed by atoms with Crippen LogP contribution in [0.25, 0.3) is 0 Å². The van der Waals surface area contributed by atoms with Gasteiger partial charge in [0.1, 0.15) is 0 Å². The molecule has 5 heteroatoms. The van der Waals surface area contributed by atoms with Crippen LogP contribution in [0.4, 0.5) is 5.69 Å². The third kappa shape index (κ3) is 3.46. The van der Waals surface area contributed by atoms with Crippen molar-refractivity contribution in [3.05, 3.63) is 24.3 Å². The van der Waals surface area contributed by atoms with E-state index in [2.05, 4.69) is 11.8 Å². The fraction of sp³-hybridized carbons (Fsp3) is 0.538. The molecule has 18 heavy (non-hydrogen) atoms. The summed E-state index contributed by atoms with van der Waals surface area (Å²) in [7, 11) is -1.12. The average Bonchev–Trinajstić information content (AvgIpc) is 2.38. The van der Waals surface area contributed by atoms with E-state index in [0.717, 1.165) is 12.1 Å². The number of nitrogens with two attached hydrogens (primary N) is 1. The summed E-state index contributed by atoms with van der Waals surface area (Å²) < 4.78 is 23.4. The highest BCUT2D eigenvalue weighted by atomic mass is 32.2. The Morgan fingerprint density at radius 1 is 1.28 bits per heavy atom. The van der Waals surface area contributed by atoms with E-state index in [1.54, 1.807) is 19.1 Å². The van der Waals surface area contributed by atoms with Crippen molar-refractivity contribution in [2.24, 2.45) is 5.73 Å². The lowest BCUT2D eigenvalue weighted by Crippen LogP contribution is -2.30. The zero-order valence-electron chi connectivity index (χ0n) is 11.3. The van der Waals surface area contributed by atoms with Gasteiger partial charge in [0, 0.05) is 18.8 Å². The lowest BCUT2D eigenvalue weighted by Gasteiger charge is -2.26. The summed E-state index contributed by atoms with van der Waals surface area (Å²) in [6, 6.07) is 7.36. The van der Waals surface area contributed by atoms with Crippen LogP contribution < -0.4 is 10.6 Å². The Balaban J connectivity index is 2.89.